The highest BCUT2D eigenvalue weighted by Crippen LogP contribution is 2.26. The molecule has 1 heterocycles. The number of rotatable bonds is 8. The Morgan fingerprint density at radius 1 is 1.23 bits per heavy atom. The normalized spacial score (nSPS) is 11.0. The molecule has 1 aromatic heterocycles. The van der Waals surface area contributed by atoms with E-state index in [1.807, 2.05) is 28.9 Å². The van der Waals surface area contributed by atoms with Crippen LogP contribution in [0.4, 0.5) is 0 Å². The first-order chi connectivity index (χ1) is 10.7. The van der Waals surface area contributed by atoms with Gasteiger partial charge in [0.15, 0.2) is 11.5 Å². The van der Waals surface area contributed by atoms with Crippen LogP contribution in [0.5, 0.6) is 11.5 Å². The van der Waals surface area contributed by atoms with Crippen LogP contribution in [0, 0.1) is 5.92 Å². The molecule has 2 aromatic rings. The molecule has 22 heavy (non-hydrogen) atoms. The highest BCUT2D eigenvalue weighted by Gasteiger charge is 2.14. The van der Waals surface area contributed by atoms with Gasteiger partial charge in [-0.1, -0.05) is 31.2 Å². The Labute approximate surface area is 131 Å². The first kappa shape index (κ1) is 16.3. The zero-order chi connectivity index (χ0) is 15.9. The summed E-state index contributed by atoms with van der Waals surface area (Å²) in [6.45, 7) is 5.91. The maximum absolute atomic E-state index is 5.88. The van der Waals surface area contributed by atoms with Gasteiger partial charge in [0.1, 0.15) is 18.0 Å². The fourth-order valence-corrected chi connectivity index (χ4v) is 2.13. The largest absolute Gasteiger partial charge is 0.493 e. The van der Waals surface area contributed by atoms with Gasteiger partial charge in [-0.2, -0.15) is 0 Å². The predicted octanol–water partition coefficient (Wildman–Crippen LogP) is 2.37. The van der Waals surface area contributed by atoms with Gasteiger partial charge in [-0.3, -0.25) is 0 Å². The number of nitrogens with two attached hydrogens (primary N) is 1. The van der Waals surface area contributed by atoms with Gasteiger partial charge in [0.2, 0.25) is 0 Å². The van der Waals surface area contributed by atoms with E-state index in [1.165, 1.54) is 0 Å². The summed E-state index contributed by atoms with van der Waals surface area (Å²) >= 11 is 0. The second-order valence-corrected chi connectivity index (χ2v) is 5.53. The van der Waals surface area contributed by atoms with Crippen molar-refractivity contribution in [1.82, 2.24) is 15.0 Å². The van der Waals surface area contributed by atoms with E-state index in [9.17, 15) is 0 Å². The molecule has 2 N–H and O–H groups in total. The molecule has 0 aliphatic heterocycles. The SMILES string of the molecule is COc1ccccc1OCc1c(CN)nnn1CCC(C)C. The molecule has 6 heteroatoms. The van der Waals surface area contributed by atoms with Crippen molar-refractivity contribution >= 4 is 0 Å². The second-order valence-electron chi connectivity index (χ2n) is 5.53. The van der Waals surface area contributed by atoms with Crippen LogP contribution < -0.4 is 15.2 Å². The summed E-state index contributed by atoms with van der Waals surface area (Å²) < 4.78 is 13.1. The number of benzene rings is 1. The topological polar surface area (TPSA) is 75.2 Å². The van der Waals surface area contributed by atoms with Crippen LogP contribution in [0.3, 0.4) is 0 Å². The van der Waals surface area contributed by atoms with Crippen LogP contribution in [-0.2, 0) is 19.7 Å². The van der Waals surface area contributed by atoms with E-state index in [4.69, 9.17) is 15.2 Å². The van der Waals surface area contributed by atoms with Gasteiger partial charge in [0.05, 0.1) is 7.11 Å². The lowest BCUT2D eigenvalue weighted by atomic mass is 10.1. The molecule has 0 aliphatic rings. The van der Waals surface area contributed by atoms with Crippen molar-refractivity contribution < 1.29 is 9.47 Å². The van der Waals surface area contributed by atoms with Gasteiger partial charge in [-0.25, -0.2) is 4.68 Å². The number of para-hydroxylation sites is 2. The van der Waals surface area contributed by atoms with Crippen LogP contribution in [0.1, 0.15) is 31.7 Å². The van der Waals surface area contributed by atoms with Crippen LogP contribution in [0.25, 0.3) is 0 Å². The van der Waals surface area contributed by atoms with Gasteiger partial charge < -0.3 is 15.2 Å². The van der Waals surface area contributed by atoms with Gasteiger partial charge in [-0.05, 0) is 24.5 Å². The molecule has 120 valence electrons. The van der Waals surface area contributed by atoms with Crippen molar-refractivity contribution in [2.45, 2.75) is 40.0 Å². The van der Waals surface area contributed by atoms with E-state index in [0.29, 0.717) is 30.6 Å². The monoisotopic (exact) mass is 304 g/mol. The number of ether oxygens (including phenoxy) is 2. The third-order valence-corrected chi connectivity index (χ3v) is 3.46. The molecule has 2 rings (SSSR count). The second kappa shape index (κ2) is 7.79. The Balaban J connectivity index is 2.12. The number of methoxy groups -OCH3 is 1. The molecule has 0 aliphatic carbocycles. The summed E-state index contributed by atoms with van der Waals surface area (Å²) in [7, 11) is 1.63. The van der Waals surface area contributed by atoms with E-state index in [0.717, 1.165) is 24.4 Å². The Morgan fingerprint density at radius 2 is 1.95 bits per heavy atom. The number of aryl methyl sites for hydroxylation is 1. The van der Waals surface area contributed by atoms with Crippen LogP contribution in [0.2, 0.25) is 0 Å². The minimum Gasteiger partial charge on any atom is -0.493 e. The van der Waals surface area contributed by atoms with E-state index in [1.54, 1.807) is 7.11 Å². The highest BCUT2D eigenvalue weighted by atomic mass is 16.5. The quantitative estimate of drug-likeness (QED) is 0.810. The first-order valence-corrected chi connectivity index (χ1v) is 7.52. The molecule has 0 amide bonds. The zero-order valence-electron chi connectivity index (χ0n) is 13.5. The van der Waals surface area contributed by atoms with Crippen molar-refractivity contribution in [3.63, 3.8) is 0 Å². The molecule has 0 fully saturated rings. The molecular weight excluding hydrogens is 280 g/mol. The molecule has 0 radical (unpaired) electrons. The van der Waals surface area contributed by atoms with Gasteiger partial charge in [0.25, 0.3) is 0 Å². The summed E-state index contributed by atoms with van der Waals surface area (Å²) in [6, 6.07) is 7.57. The molecule has 0 unspecified atom stereocenters. The van der Waals surface area contributed by atoms with Crippen molar-refractivity contribution in [2.24, 2.45) is 11.7 Å². The standard InChI is InChI=1S/C16H24N4O2/c1-12(2)8-9-20-14(13(10-17)18-19-20)11-22-16-7-5-4-6-15(16)21-3/h4-7,12H,8-11,17H2,1-3H3. The molecule has 0 spiro atoms. The maximum atomic E-state index is 5.88. The minimum absolute atomic E-state index is 0.353. The number of hydrogen-bond acceptors (Lipinski definition) is 5. The number of aromatic nitrogens is 3. The van der Waals surface area contributed by atoms with Gasteiger partial charge in [-0.15, -0.1) is 5.10 Å². The summed E-state index contributed by atoms with van der Waals surface area (Å²) in [4.78, 5) is 0. The summed E-state index contributed by atoms with van der Waals surface area (Å²) in [5.41, 5.74) is 7.45. The Morgan fingerprint density at radius 3 is 2.59 bits per heavy atom. The molecule has 0 saturated carbocycles. The van der Waals surface area contributed by atoms with Crippen molar-refractivity contribution in [1.29, 1.82) is 0 Å². The first-order valence-electron chi connectivity index (χ1n) is 7.52. The summed E-state index contributed by atoms with van der Waals surface area (Å²) in [5.74, 6) is 2.01. The number of hydrogen-bond donors (Lipinski definition) is 1. The smallest absolute Gasteiger partial charge is 0.161 e. The Bertz CT molecular complexity index is 596. The number of nitrogens with zero attached hydrogens (tertiary/aromatic N) is 3. The summed E-state index contributed by atoms with van der Waals surface area (Å²) in [5, 5.41) is 8.33. The third-order valence-electron chi connectivity index (χ3n) is 3.46. The van der Waals surface area contributed by atoms with Crippen LogP contribution in [0.15, 0.2) is 24.3 Å². The maximum Gasteiger partial charge on any atom is 0.161 e. The molecular formula is C16H24N4O2. The third kappa shape index (κ3) is 3.98. The molecule has 0 bridgehead atoms. The highest BCUT2D eigenvalue weighted by molar-refractivity contribution is 5.39. The van der Waals surface area contributed by atoms with Gasteiger partial charge in [0, 0.05) is 13.1 Å². The molecule has 1 aromatic carbocycles. The van der Waals surface area contributed by atoms with Crippen LogP contribution in [-0.4, -0.2) is 22.1 Å². The van der Waals surface area contributed by atoms with E-state index in [-0.39, 0.29) is 0 Å². The molecule has 0 atom stereocenters. The predicted molar refractivity (Wildman–Crippen MR) is 84.7 cm³/mol. The fourth-order valence-electron chi connectivity index (χ4n) is 2.13. The molecule has 6 nitrogen and oxygen atoms in total. The van der Waals surface area contributed by atoms with Crippen molar-refractivity contribution in [2.75, 3.05) is 7.11 Å². The average molecular weight is 304 g/mol. The fraction of sp³-hybridized carbons (Fsp3) is 0.500. The van der Waals surface area contributed by atoms with E-state index >= 15 is 0 Å². The lowest BCUT2D eigenvalue weighted by Crippen LogP contribution is -2.12. The van der Waals surface area contributed by atoms with Crippen molar-refractivity contribution in [3.05, 3.63) is 35.7 Å². The van der Waals surface area contributed by atoms with Crippen molar-refractivity contribution in [3.8, 4) is 11.5 Å². The zero-order valence-corrected chi connectivity index (χ0v) is 13.5. The lowest BCUT2D eigenvalue weighted by molar-refractivity contribution is 0.271. The molecule has 0 saturated heterocycles. The summed E-state index contributed by atoms with van der Waals surface area (Å²) in [6.07, 6.45) is 1.04. The Kier molecular flexibility index (Phi) is 5.77. The minimum atomic E-state index is 0.353. The van der Waals surface area contributed by atoms with Gasteiger partial charge >= 0.3 is 0 Å². The Hall–Kier alpha value is -2.08. The van der Waals surface area contributed by atoms with Crippen LogP contribution >= 0.6 is 0 Å². The van der Waals surface area contributed by atoms with E-state index < -0.39 is 0 Å². The average Bonchev–Trinajstić information content (AvgIpc) is 2.93. The van der Waals surface area contributed by atoms with E-state index in [2.05, 4.69) is 24.2 Å². The lowest BCUT2D eigenvalue weighted by Gasteiger charge is -2.12.